The van der Waals surface area contributed by atoms with Crippen LogP contribution >= 0.6 is 0 Å². The Morgan fingerprint density at radius 2 is 2.08 bits per heavy atom. The molecule has 2 nitrogen and oxygen atoms in total. The van der Waals surface area contributed by atoms with Crippen LogP contribution in [0.2, 0.25) is 0 Å². The topological polar surface area (TPSA) is 35.2 Å². The predicted octanol–water partition coefficient (Wildman–Crippen LogP) is 1.93. The fourth-order valence-corrected chi connectivity index (χ4v) is 2.08. The summed E-state index contributed by atoms with van der Waals surface area (Å²) >= 11 is 0. The molecule has 0 bridgehead atoms. The van der Waals surface area contributed by atoms with Gasteiger partial charge in [0, 0.05) is 19.8 Å². The smallest absolute Gasteiger partial charge is 0.0462 e. The highest BCUT2D eigenvalue weighted by Crippen LogP contribution is 2.26. The van der Waals surface area contributed by atoms with Crippen molar-refractivity contribution in [3.05, 3.63) is 0 Å². The first-order chi connectivity index (χ1) is 5.84. The summed E-state index contributed by atoms with van der Waals surface area (Å²) in [6.45, 7) is 0.892. The van der Waals surface area contributed by atoms with Crippen molar-refractivity contribution in [1.82, 2.24) is 0 Å². The molecule has 2 unspecified atom stereocenters. The van der Waals surface area contributed by atoms with Gasteiger partial charge < -0.3 is 10.5 Å². The molecule has 1 aliphatic rings. The van der Waals surface area contributed by atoms with Crippen molar-refractivity contribution in [1.29, 1.82) is 0 Å². The molecule has 12 heavy (non-hydrogen) atoms. The first-order valence-corrected chi connectivity index (χ1v) is 5.09. The molecule has 1 rings (SSSR count). The molecule has 0 amide bonds. The van der Waals surface area contributed by atoms with Gasteiger partial charge in [-0.1, -0.05) is 12.8 Å². The fraction of sp³-hybridized carbons (Fsp3) is 1.00. The Bertz CT molecular complexity index is 116. The van der Waals surface area contributed by atoms with Gasteiger partial charge in [-0.25, -0.2) is 0 Å². The van der Waals surface area contributed by atoms with Gasteiger partial charge in [0.2, 0.25) is 0 Å². The Labute approximate surface area is 75.5 Å². The third-order valence-electron chi connectivity index (χ3n) is 2.89. The lowest BCUT2D eigenvalue weighted by atomic mass is 9.82. The van der Waals surface area contributed by atoms with Crippen LogP contribution in [0, 0.1) is 5.92 Å². The summed E-state index contributed by atoms with van der Waals surface area (Å²) in [5.74, 6) is 0.772. The molecule has 0 aromatic rings. The van der Waals surface area contributed by atoms with Crippen molar-refractivity contribution in [2.24, 2.45) is 11.7 Å². The molecular weight excluding hydrogens is 150 g/mol. The zero-order valence-corrected chi connectivity index (χ0v) is 8.09. The van der Waals surface area contributed by atoms with Crippen molar-refractivity contribution in [2.75, 3.05) is 13.7 Å². The van der Waals surface area contributed by atoms with Gasteiger partial charge >= 0.3 is 0 Å². The van der Waals surface area contributed by atoms with Crippen molar-refractivity contribution >= 4 is 0 Å². The number of hydrogen-bond donors (Lipinski definition) is 1. The van der Waals surface area contributed by atoms with Gasteiger partial charge in [-0.05, 0) is 31.6 Å². The minimum absolute atomic E-state index is 0.468. The molecule has 2 N–H and O–H groups in total. The monoisotopic (exact) mass is 171 g/mol. The number of nitrogens with two attached hydrogens (primary N) is 1. The SMILES string of the molecule is COCCCC1CCCCC1N. The normalized spacial score (nSPS) is 30.5. The summed E-state index contributed by atoms with van der Waals surface area (Å²) in [5, 5.41) is 0. The molecule has 0 heterocycles. The van der Waals surface area contributed by atoms with Gasteiger partial charge in [0.1, 0.15) is 0 Å². The van der Waals surface area contributed by atoms with E-state index in [4.69, 9.17) is 10.5 Å². The highest BCUT2D eigenvalue weighted by atomic mass is 16.5. The van der Waals surface area contributed by atoms with Gasteiger partial charge in [0.05, 0.1) is 0 Å². The number of methoxy groups -OCH3 is 1. The molecule has 2 atom stereocenters. The fourth-order valence-electron chi connectivity index (χ4n) is 2.08. The second kappa shape index (κ2) is 5.55. The maximum Gasteiger partial charge on any atom is 0.0462 e. The standard InChI is InChI=1S/C10H21NO/c1-12-8-4-6-9-5-2-3-7-10(9)11/h9-10H,2-8,11H2,1H3. The minimum atomic E-state index is 0.468. The molecule has 72 valence electrons. The molecule has 0 spiro atoms. The summed E-state index contributed by atoms with van der Waals surface area (Å²) in [6.07, 6.45) is 7.72. The minimum Gasteiger partial charge on any atom is -0.385 e. The first-order valence-electron chi connectivity index (χ1n) is 5.09. The third kappa shape index (κ3) is 3.11. The summed E-state index contributed by atoms with van der Waals surface area (Å²) in [7, 11) is 1.76. The number of hydrogen-bond acceptors (Lipinski definition) is 2. The lowest BCUT2D eigenvalue weighted by molar-refractivity contribution is 0.177. The van der Waals surface area contributed by atoms with E-state index in [0.717, 1.165) is 12.5 Å². The molecule has 0 aromatic heterocycles. The lowest BCUT2D eigenvalue weighted by Gasteiger charge is -2.28. The summed E-state index contributed by atoms with van der Waals surface area (Å²) in [6, 6.07) is 0.468. The Morgan fingerprint density at radius 3 is 2.75 bits per heavy atom. The Balaban J connectivity index is 2.11. The van der Waals surface area contributed by atoms with Gasteiger partial charge in [-0.2, -0.15) is 0 Å². The predicted molar refractivity (Wildman–Crippen MR) is 51.0 cm³/mol. The molecule has 1 saturated carbocycles. The van der Waals surface area contributed by atoms with Crippen LogP contribution in [0.25, 0.3) is 0 Å². The van der Waals surface area contributed by atoms with Gasteiger partial charge in [0.15, 0.2) is 0 Å². The van der Waals surface area contributed by atoms with Crippen molar-refractivity contribution in [2.45, 2.75) is 44.6 Å². The highest BCUT2D eigenvalue weighted by molar-refractivity contribution is 4.77. The van der Waals surface area contributed by atoms with Crippen molar-refractivity contribution in [3.8, 4) is 0 Å². The molecular formula is C10H21NO. The Kier molecular flexibility index (Phi) is 4.62. The van der Waals surface area contributed by atoms with E-state index >= 15 is 0 Å². The molecule has 0 radical (unpaired) electrons. The summed E-state index contributed by atoms with van der Waals surface area (Å²) in [4.78, 5) is 0. The van der Waals surface area contributed by atoms with E-state index in [0.29, 0.717) is 6.04 Å². The number of rotatable bonds is 4. The maximum atomic E-state index is 6.02. The van der Waals surface area contributed by atoms with E-state index in [1.807, 2.05) is 0 Å². The largest absolute Gasteiger partial charge is 0.385 e. The van der Waals surface area contributed by atoms with E-state index in [9.17, 15) is 0 Å². The van der Waals surface area contributed by atoms with Crippen LogP contribution in [0.3, 0.4) is 0 Å². The van der Waals surface area contributed by atoms with Crippen molar-refractivity contribution < 1.29 is 4.74 Å². The van der Waals surface area contributed by atoms with Gasteiger partial charge in [0.25, 0.3) is 0 Å². The summed E-state index contributed by atoms with van der Waals surface area (Å²) < 4.78 is 5.03. The average molecular weight is 171 g/mol. The number of ether oxygens (including phenoxy) is 1. The van der Waals surface area contributed by atoms with Crippen LogP contribution in [0.1, 0.15) is 38.5 Å². The van der Waals surface area contributed by atoms with E-state index in [-0.39, 0.29) is 0 Å². The zero-order chi connectivity index (χ0) is 8.81. The van der Waals surface area contributed by atoms with Crippen LogP contribution in [-0.2, 0) is 4.74 Å². The highest BCUT2D eigenvalue weighted by Gasteiger charge is 2.20. The van der Waals surface area contributed by atoms with E-state index in [1.165, 1.54) is 38.5 Å². The van der Waals surface area contributed by atoms with Crippen LogP contribution in [0.4, 0.5) is 0 Å². The lowest BCUT2D eigenvalue weighted by Crippen LogP contribution is -2.33. The molecule has 0 aromatic carbocycles. The Morgan fingerprint density at radius 1 is 1.33 bits per heavy atom. The molecule has 0 aliphatic heterocycles. The van der Waals surface area contributed by atoms with Crippen molar-refractivity contribution in [3.63, 3.8) is 0 Å². The van der Waals surface area contributed by atoms with Crippen LogP contribution in [-0.4, -0.2) is 19.8 Å². The van der Waals surface area contributed by atoms with Crippen LogP contribution in [0.5, 0.6) is 0 Å². The quantitative estimate of drug-likeness (QED) is 0.656. The molecule has 2 heteroatoms. The molecule has 1 aliphatic carbocycles. The second-order valence-corrected chi connectivity index (χ2v) is 3.84. The van der Waals surface area contributed by atoms with E-state index in [2.05, 4.69) is 0 Å². The molecule has 1 fully saturated rings. The summed E-state index contributed by atoms with van der Waals surface area (Å²) in [5.41, 5.74) is 6.02. The zero-order valence-electron chi connectivity index (χ0n) is 8.09. The third-order valence-corrected chi connectivity index (χ3v) is 2.89. The van der Waals surface area contributed by atoms with Crippen LogP contribution in [0.15, 0.2) is 0 Å². The van der Waals surface area contributed by atoms with E-state index < -0.39 is 0 Å². The first kappa shape index (κ1) is 10.0. The molecule has 0 saturated heterocycles. The van der Waals surface area contributed by atoms with E-state index in [1.54, 1.807) is 7.11 Å². The van der Waals surface area contributed by atoms with Gasteiger partial charge in [-0.3, -0.25) is 0 Å². The Hall–Kier alpha value is -0.0800. The maximum absolute atomic E-state index is 6.02. The average Bonchev–Trinajstić information content (AvgIpc) is 2.09. The van der Waals surface area contributed by atoms with Gasteiger partial charge in [-0.15, -0.1) is 0 Å². The van der Waals surface area contributed by atoms with Crippen LogP contribution < -0.4 is 5.73 Å². The second-order valence-electron chi connectivity index (χ2n) is 3.84.